The lowest BCUT2D eigenvalue weighted by Gasteiger charge is -2.06. The Morgan fingerprint density at radius 2 is 1.70 bits per heavy atom. The van der Waals surface area contributed by atoms with Gasteiger partial charge in [-0.25, -0.2) is 0 Å². The number of fused-ring (bicyclic) bond motifs is 1. The molecule has 0 aliphatic carbocycles. The van der Waals surface area contributed by atoms with Gasteiger partial charge < -0.3 is 9.82 Å². The lowest BCUT2D eigenvalue weighted by molar-refractivity contribution is -0.422. The van der Waals surface area contributed by atoms with Crippen LogP contribution < -0.4 is 16.0 Å². The van der Waals surface area contributed by atoms with Crippen molar-refractivity contribution in [3.63, 3.8) is 0 Å². The first-order valence-electron chi connectivity index (χ1n) is 5.03. The fraction of sp³-hybridized carbons (Fsp3) is 0.111. The van der Waals surface area contributed by atoms with E-state index < -0.39 is 32.3 Å². The molecule has 2 aromatic rings. The molecule has 0 saturated heterocycles. The molecule has 0 aliphatic rings. The average Bonchev–Trinajstić information content (AvgIpc) is 2.38. The summed E-state index contributed by atoms with van der Waals surface area (Å²) >= 11 is 0. The van der Waals surface area contributed by atoms with Crippen LogP contribution in [0.4, 0.5) is 11.4 Å². The molecule has 0 saturated carbocycles. The number of hydrogen-bond donors (Lipinski definition) is 1. The van der Waals surface area contributed by atoms with Gasteiger partial charge in [0.15, 0.2) is 0 Å². The van der Waals surface area contributed by atoms with Crippen molar-refractivity contribution in [2.75, 3.05) is 7.11 Å². The molecule has 0 bridgehead atoms. The zero-order valence-corrected chi connectivity index (χ0v) is 9.85. The number of aromatic amines is 1. The highest BCUT2D eigenvalue weighted by Gasteiger charge is 2.26. The second-order valence-electron chi connectivity index (χ2n) is 3.61. The van der Waals surface area contributed by atoms with Crippen LogP contribution in [0.3, 0.4) is 0 Å². The van der Waals surface area contributed by atoms with Gasteiger partial charge in [0.05, 0.1) is 21.4 Å². The van der Waals surface area contributed by atoms with E-state index >= 15 is 0 Å². The summed E-state index contributed by atoms with van der Waals surface area (Å²) in [5.74, 6) is 0. The van der Waals surface area contributed by atoms with Gasteiger partial charge in [0.25, 0.3) is 0 Å². The van der Waals surface area contributed by atoms with Crippen molar-refractivity contribution in [2.24, 2.45) is 0 Å². The molecule has 2 rings (SSSR count). The Morgan fingerprint density at radius 1 is 1.15 bits per heavy atom. The number of rotatable bonds is 3. The monoisotopic (exact) mass is 282 g/mol. The van der Waals surface area contributed by atoms with Crippen molar-refractivity contribution < 1.29 is 14.7 Å². The Hall–Kier alpha value is -3.24. The summed E-state index contributed by atoms with van der Waals surface area (Å²) in [4.78, 5) is 49.3. The van der Waals surface area contributed by atoms with Crippen molar-refractivity contribution in [1.29, 1.82) is 0 Å². The van der Waals surface area contributed by atoms with Gasteiger partial charge in [-0.15, -0.1) is 4.73 Å². The van der Waals surface area contributed by atoms with Crippen LogP contribution in [0.5, 0.6) is 0 Å². The topological polar surface area (TPSA) is 150 Å². The van der Waals surface area contributed by atoms with Crippen molar-refractivity contribution in [3.05, 3.63) is 53.1 Å². The molecule has 20 heavy (non-hydrogen) atoms. The third kappa shape index (κ3) is 1.86. The van der Waals surface area contributed by atoms with Gasteiger partial charge in [0, 0.05) is 6.07 Å². The Morgan fingerprint density at radius 3 is 2.20 bits per heavy atom. The molecule has 1 N–H and O–H groups in total. The van der Waals surface area contributed by atoms with E-state index in [0.29, 0.717) is 4.73 Å². The van der Waals surface area contributed by atoms with Gasteiger partial charge in [0.2, 0.25) is 0 Å². The van der Waals surface area contributed by atoms with Gasteiger partial charge in [-0.3, -0.25) is 29.8 Å². The maximum Gasteiger partial charge on any atom is 0.349 e. The maximum absolute atomic E-state index is 11.5. The first-order valence-corrected chi connectivity index (χ1v) is 5.03. The Bertz CT molecular complexity index is 850. The summed E-state index contributed by atoms with van der Waals surface area (Å²) in [5, 5.41) is 21.6. The molecule has 1 aromatic carbocycles. The second-order valence-corrected chi connectivity index (χ2v) is 3.61. The molecule has 0 unspecified atom stereocenters. The van der Waals surface area contributed by atoms with E-state index in [9.17, 15) is 29.8 Å². The van der Waals surface area contributed by atoms with E-state index in [1.807, 2.05) is 0 Å². The van der Waals surface area contributed by atoms with Gasteiger partial charge in [0.1, 0.15) is 12.6 Å². The molecule has 0 aliphatic heterocycles. The molecule has 0 fully saturated rings. The van der Waals surface area contributed by atoms with E-state index in [1.165, 1.54) is 0 Å². The van der Waals surface area contributed by atoms with E-state index in [4.69, 9.17) is 0 Å². The minimum absolute atomic E-state index is 0.131. The van der Waals surface area contributed by atoms with Crippen LogP contribution >= 0.6 is 0 Å². The number of nitro benzene ring substituents is 2. The predicted molar refractivity (Wildman–Crippen MR) is 64.6 cm³/mol. The van der Waals surface area contributed by atoms with E-state index in [-0.39, 0.29) is 11.0 Å². The largest absolute Gasteiger partial charge is 0.413 e. The van der Waals surface area contributed by atoms with Crippen LogP contribution in [0, 0.1) is 20.2 Å². The Balaban J connectivity index is 3.02. The molecule has 0 spiro atoms. The molecular weight excluding hydrogens is 276 g/mol. The van der Waals surface area contributed by atoms with Crippen LogP contribution in [0.2, 0.25) is 0 Å². The van der Waals surface area contributed by atoms with Crippen LogP contribution in [0.15, 0.2) is 21.7 Å². The van der Waals surface area contributed by atoms with Gasteiger partial charge in [-0.1, -0.05) is 0 Å². The van der Waals surface area contributed by atoms with Crippen molar-refractivity contribution >= 4 is 22.4 Å². The minimum atomic E-state index is -1.09. The molecule has 11 heteroatoms. The zero-order chi connectivity index (χ0) is 15.0. The number of benzene rings is 1. The minimum Gasteiger partial charge on any atom is -0.413 e. The van der Waals surface area contributed by atoms with Crippen LogP contribution in [-0.4, -0.2) is 26.7 Å². The third-order valence-corrected chi connectivity index (χ3v) is 2.51. The first kappa shape index (κ1) is 13.2. The summed E-state index contributed by atoms with van der Waals surface area (Å²) in [5.41, 5.74) is -4.08. The van der Waals surface area contributed by atoms with Gasteiger partial charge >= 0.3 is 22.5 Å². The zero-order valence-electron chi connectivity index (χ0n) is 9.85. The second kappa shape index (κ2) is 4.46. The number of aromatic nitrogens is 2. The van der Waals surface area contributed by atoms with Crippen LogP contribution in [0.1, 0.15) is 0 Å². The summed E-state index contributed by atoms with van der Waals surface area (Å²) in [6, 6.07) is 1.58. The molecule has 1 heterocycles. The van der Waals surface area contributed by atoms with E-state index in [1.54, 1.807) is 0 Å². The Kier molecular flexibility index (Phi) is 2.94. The molecule has 0 atom stereocenters. The lowest BCUT2D eigenvalue weighted by atomic mass is 10.2. The number of nitrogens with one attached hydrogen (secondary N) is 1. The van der Waals surface area contributed by atoms with Gasteiger partial charge in [-0.2, -0.15) is 0 Å². The first-order chi connectivity index (χ1) is 9.36. The van der Waals surface area contributed by atoms with Gasteiger partial charge in [-0.05, 0) is 0 Å². The summed E-state index contributed by atoms with van der Waals surface area (Å²) in [7, 11) is 1.08. The van der Waals surface area contributed by atoms with Crippen molar-refractivity contribution in [2.45, 2.75) is 0 Å². The van der Waals surface area contributed by atoms with Crippen LogP contribution in [-0.2, 0) is 0 Å². The summed E-state index contributed by atoms with van der Waals surface area (Å²) < 4.78 is 0.519. The smallest absolute Gasteiger partial charge is 0.349 e. The fourth-order valence-corrected chi connectivity index (χ4v) is 1.69. The fourth-order valence-electron chi connectivity index (χ4n) is 1.69. The number of nitro groups is 2. The van der Waals surface area contributed by atoms with Crippen molar-refractivity contribution in [1.82, 2.24) is 9.71 Å². The SMILES string of the molecule is COn1c(=O)c(=O)[nH]c2cc([N+](=O)[O-])c([N+](=O)[O-])cc21. The molecule has 1 aromatic heterocycles. The normalized spacial score (nSPS) is 10.4. The highest BCUT2D eigenvalue weighted by molar-refractivity contribution is 5.82. The van der Waals surface area contributed by atoms with E-state index in [0.717, 1.165) is 19.2 Å². The summed E-state index contributed by atoms with van der Waals surface area (Å²) in [6.07, 6.45) is 0. The average molecular weight is 282 g/mol. The highest BCUT2D eigenvalue weighted by Crippen LogP contribution is 2.29. The lowest BCUT2D eigenvalue weighted by Crippen LogP contribution is -2.38. The number of H-pyrrole nitrogens is 1. The third-order valence-electron chi connectivity index (χ3n) is 2.51. The molecule has 11 nitrogen and oxygen atoms in total. The summed E-state index contributed by atoms with van der Waals surface area (Å²) in [6.45, 7) is 0. The predicted octanol–water partition coefficient (Wildman–Crippen LogP) is -0.435. The molecule has 0 amide bonds. The van der Waals surface area contributed by atoms with Crippen molar-refractivity contribution in [3.8, 4) is 0 Å². The highest BCUT2D eigenvalue weighted by atomic mass is 16.7. The Labute approximate surface area is 108 Å². The standard InChI is InChI=1S/C9H6N4O7/c1-20-11-5-3-7(13(18)19)6(12(16)17)2-4(5)10-8(14)9(11)15/h2-3H,1H3,(H,10,14). The number of nitrogens with zero attached hydrogens (tertiary/aromatic N) is 3. The molecular formula is C9H6N4O7. The quantitative estimate of drug-likeness (QED) is 0.455. The van der Waals surface area contributed by atoms with E-state index in [2.05, 4.69) is 9.82 Å². The number of hydrogen-bond acceptors (Lipinski definition) is 7. The molecule has 0 radical (unpaired) electrons. The maximum atomic E-state index is 11.5. The van der Waals surface area contributed by atoms with Crippen LogP contribution in [0.25, 0.3) is 11.0 Å². The molecule has 104 valence electrons.